The molecule has 0 heterocycles. The van der Waals surface area contributed by atoms with Crippen LogP contribution in [0.25, 0.3) is 0 Å². The van der Waals surface area contributed by atoms with Gasteiger partial charge < -0.3 is 11.1 Å². The zero-order chi connectivity index (χ0) is 11.5. The monoisotopic (exact) mass is 310 g/mol. The van der Waals surface area contributed by atoms with Crippen LogP contribution in [0.1, 0.15) is 32.6 Å². The Labute approximate surface area is 112 Å². The van der Waals surface area contributed by atoms with Crippen LogP contribution in [0.15, 0.2) is 11.1 Å². The molecule has 0 aromatic carbocycles. The summed E-state index contributed by atoms with van der Waals surface area (Å²) in [6, 6.07) is 0. The van der Waals surface area contributed by atoms with Crippen LogP contribution in [0, 0.1) is 5.92 Å². The minimum Gasteiger partial charge on any atom is -0.351 e. The fraction of sp³-hybridized carbons (Fsp3) is 0.727. The van der Waals surface area contributed by atoms with Gasteiger partial charge in [-0.05, 0) is 19.8 Å². The van der Waals surface area contributed by atoms with Gasteiger partial charge in [0.05, 0.1) is 5.92 Å². The summed E-state index contributed by atoms with van der Waals surface area (Å²) in [6.45, 7) is 6.13. The van der Waals surface area contributed by atoms with Crippen molar-refractivity contribution in [1.29, 1.82) is 0 Å². The minimum absolute atomic E-state index is 0. The number of nitrogens with two attached hydrogens (primary N) is 1. The van der Waals surface area contributed by atoms with Gasteiger partial charge in [0.25, 0.3) is 0 Å². The molecule has 0 aromatic heterocycles. The molecule has 0 radical (unpaired) electrons. The molecule has 1 aliphatic rings. The molecule has 1 fully saturated rings. The zero-order valence-electron chi connectivity index (χ0n) is 9.59. The number of halogens is 2. The largest absolute Gasteiger partial charge is 0.351 e. The molecule has 5 heteroatoms. The van der Waals surface area contributed by atoms with E-state index >= 15 is 0 Å². The average Bonchev–Trinajstić information content (AvgIpc) is 2.13. The lowest BCUT2D eigenvalue weighted by atomic mass is 9.74. The Morgan fingerprint density at radius 1 is 1.62 bits per heavy atom. The second-order valence-corrected chi connectivity index (χ2v) is 5.66. The molecule has 0 aromatic rings. The molecule has 1 aliphatic carbocycles. The number of hydrogen-bond acceptors (Lipinski definition) is 2. The first-order chi connectivity index (χ1) is 6.93. The summed E-state index contributed by atoms with van der Waals surface area (Å²) in [7, 11) is 0. The van der Waals surface area contributed by atoms with Crippen molar-refractivity contribution in [3.05, 3.63) is 11.1 Å². The molecule has 2 unspecified atom stereocenters. The van der Waals surface area contributed by atoms with Gasteiger partial charge in [-0.2, -0.15) is 0 Å². The quantitative estimate of drug-likeness (QED) is 0.840. The van der Waals surface area contributed by atoms with E-state index in [1.54, 1.807) is 0 Å². The first-order valence-electron chi connectivity index (χ1n) is 5.33. The van der Waals surface area contributed by atoms with E-state index in [0.29, 0.717) is 6.54 Å². The molecule has 3 N–H and O–H groups in total. The summed E-state index contributed by atoms with van der Waals surface area (Å²) < 4.78 is 0.783. The van der Waals surface area contributed by atoms with E-state index in [1.165, 1.54) is 0 Å². The van der Waals surface area contributed by atoms with Crippen molar-refractivity contribution in [2.24, 2.45) is 11.7 Å². The van der Waals surface area contributed by atoms with E-state index in [1.807, 2.05) is 6.92 Å². The van der Waals surface area contributed by atoms with Gasteiger partial charge in [-0.1, -0.05) is 35.4 Å². The van der Waals surface area contributed by atoms with Crippen molar-refractivity contribution in [1.82, 2.24) is 5.32 Å². The fourth-order valence-corrected chi connectivity index (χ4v) is 2.24. The predicted molar refractivity (Wildman–Crippen MR) is 72.9 cm³/mol. The first kappa shape index (κ1) is 15.9. The smallest absolute Gasteiger partial charge is 0.225 e. The van der Waals surface area contributed by atoms with Gasteiger partial charge in [0.2, 0.25) is 5.91 Å². The molecular formula is C11H20BrClN2O. The van der Waals surface area contributed by atoms with E-state index in [2.05, 4.69) is 27.8 Å². The molecule has 0 saturated heterocycles. The standard InChI is InChI=1S/C11H19BrN2O.ClH/c1-8(12)7-14-10(15)9-5-3-4-6-11(9,2)13;/h9H,1,3-7,13H2,2H3,(H,14,15);1H. The number of carbonyl (C=O) groups excluding carboxylic acids is 1. The Morgan fingerprint density at radius 3 is 2.75 bits per heavy atom. The van der Waals surface area contributed by atoms with Crippen LogP contribution >= 0.6 is 28.3 Å². The summed E-state index contributed by atoms with van der Waals surface area (Å²) in [5.41, 5.74) is 5.78. The molecule has 1 rings (SSSR count). The number of hydrogen-bond donors (Lipinski definition) is 2. The molecule has 2 atom stereocenters. The molecule has 0 spiro atoms. The average molecular weight is 312 g/mol. The summed E-state index contributed by atoms with van der Waals surface area (Å²) in [5.74, 6) is -0.00148. The van der Waals surface area contributed by atoms with E-state index in [4.69, 9.17) is 5.73 Å². The van der Waals surface area contributed by atoms with Gasteiger partial charge in [-0.25, -0.2) is 0 Å². The summed E-state index contributed by atoms with van der Waals surface area (Å²) in [5, 5.41) is 2.84. The molecule has 94 valence electrons. The topological polar surface area (TPSA) is 55.1 Å². The van der Waals surface area contributed by atoms with Crippen LogP contribution in [0.3, 0.4) is 0 Å². The molecule has 1 amide bonds. The van der Waals surface area contributed by atoms with E-state index < -0.39 is 0 Å². The maximum Gasteiger partial charge on any atom is 0.225 e. The lowest BCUT2D eigenvalue weighted by Crippen LogP contribution is -2.52. The van der Waals surface area contributed by atoms with Crippen molar-refractivity contribution < 1.29 is 4.79 Å². The lowest BCUT2D eigenvalue weighted by Gasteiger charge is -2.37. The van der Waals surface area contributed by atoms with Crippen LogP contribution in [0.5, 0.6) is 0 Å². The van der Waals surface area contributed by atoms with Crippen molar-refractivity contribution >= 4 is 34.2 Å². The van der Waals surface area contributed by atoms with Gasteiger partial charge in [-0.3, -0.25) is 4.79 Å². The summed E-state index contributed by atoms with van der Waals surface area (Å²) >= 11 is 3.22. The van der Waals surface area contributed by atoms with Crippen molar-refractivity contribution in [3.63, 3.8) is 0 Å². The predicted octanol–water partition coefficient (Wildman–Crippen LogP) is 2.34. The lowest BCUT2D eigenvalue weighted by molar-refractivity contribution is -0.127. The molecule has 0 aliphatic heterocycles. The van der Waals surface area contributed by atoms with Crippen molar-refractivity contribution in [2.45, 2.75) is 38.1 Å². The molecule has 0 bridgehead atoms. The Bertz CT molecular complexity index is 269. The van der Waals surface area contributed by atoms with Gasteiger partial charge in [0.15, 0.2) is 0 Å². The Kier molecular flexibility index (Phi) is 6.60. The number of nitrogens with one attached hydrogen (secondary N) is 1. The third-order valence-corrected chi connectivity index (χ3v) is 3.31. The summed E-state index contributed by atoms with van der Waals surface area (Å²) in [6.07, 6.45) is 4.05. The number of rotatable bonds is 3. The maximum atomic E-state index is 11.9. The SMILES string of the molecule is C=C(Br)CNC(=O)C1CCCCC1(C)N.Cl. The maximum absolute atomic E-state index is 11.9. The van der Waals surface area contributed by atoms with E-state index in [0.717, 1.165) is 30.2 Å². The van der Waals surface area contributed by atoms with Crippen molar-refractivity contribution in [2.75, 3.05) is 6.54 Å². The Morgan fingerprint density at radius 2 is 2.25 bits per heavy atom. The third-order valence-electron chi connectivity index (χ3n) is 3.03. The Balaban J connectivity index is 0.00000225. The molecule has 3 nitrogen and oxygen atoms in total. The minimum atomic E-state index is -0.351. The van der Waals surface area contributed by atoms with Gasteiger partial charge >= 0.3 is 0 Å². The molecular weight excluding hydrogens is 291 g/mol. The third kappa shape index (κ3) is 4.44. The Hall–Kier alpha value is -0.0600. The fourth-order valence-electron chi connectivity index (χ4n) is 2.10. The van der Waals surface area contributed by atoms with E-state index in [9.17, 15) is 4.79 Å². The normalized spacial score (nSPS) is 29.1. The van der Waals surface area contributed by atoms with Crippen LogP contribution in [-0.4, -0.2) is 18.0 Å². The summed E-state index contributed by atoms with van der Waals surface area (Å²) in [4.78, 5) is 11.9. The van der Waals surface area contributed by atoms with Gasteiger partial charge in [0.1, 0.15) is 0 Å². The number of carbonyl (C=O) groups is 1. The van der Waals surface area contributed by atoms with E-state index in [-0.39, 0.29) is 29.8 Å². The number of amides is 1. The van der Waals surface area contributed by atoms with Crippen LogP contribution < -0.4 is 11.1 Å². The highest BCUT2D eigenvalue weighted by Crippen LogP contribution is 2.31. The molecule has 16 heavy (non-hydrogen) atoms. The zero-order valence-corrected chi connectivity index (χ0v) is 12.0. The van der Waals surface area contributed by atoms with Crippen LogP contribution in [-0.2, 0) is 4.79 Å². The second-order valence-electron chi connectivity index (χ2n) is 4.54. The van der Waals surface area contributed by atoms with Gasteiger partial charge in [-0.15, -0.1) is 12.4 Å². The highest BCUT2D eigenvalue weighted by Gasteiger charge is 2.37. The van der Waals surface area contributed by atoms with Crippen LogP contribution in [0.4, 0.5) is 0 Å². The van der Waals surface area contributed by atoms with Crippen LogP contribution in [0.2, 0.25) is 0 Å². The highest BCUT2D eigenvalue weighted by atomic mass is 79.9. The molecule has 1 saturated carbocycles. The first-order valence-corrected chi connectivity index (χ1v) is 6.12. The van der Waals surface area contributed by atoms with Gasteiger partial charge in [0, 0.05) is 16.6 Å². The second kappa shape index (κ2) is 6.62. The highest BCUT2D eigenvalue weighted by molar-refractivity contribution is 9.11. The van der Waals surface area contributed by atoms with Crippen molar-refractivity contribution in [3.8, 4) is 0 Å².